The fourth-order valence-corrected chi connectivity index (χ4v) is 3.89. The van der Waals surface area contributed by atoms with Gasteiger partial charge in [-0.25, -0.2) is 0 Å². The standard InChI is InChI=1S/C15H19BrINO/c1-3-10-4-7-14(9(10)2)18-15(19)12-8-11(16)5-6-13(12)17/h5-6,8-10,14H,3-4,7H2,1-2H3,(H,18,19). The van der Waals surface area contributed by atoms with E-state index in [1.165, 1.54) is 12.8 Å². The first-order valence-corrected chi connectivity index (χ1v) is 8.66. The molecule has 0 spiro atoms. The van der Waals surface area contributed by atoms with E-state index in [1.807, 2.05) is 18.2 Å². The van der Waals surface area contributed by atoms with Gasteiger partial charge in [0, 0.05) is 14.1 Å². The van der Waals surface area contributed by atoms with Gasteiger partial charge in [0.05, 0.1) is 5.56 Å². The van der Waals surface area contributed by atoms with Crippen molar-refractivity contribution in [1.82, 2.24) is 5.32 Å². The predicted octanol–water partition coefficient (Wildman–Crippen LogP) is 4.61. The van der Waals surface area contributed by atoms with Crippen molar-refractivity contribution in [2.75, 3.05) is 0 Å². The molecule has 0 heterocycles. The van der Waals surface area contributed by atoms with Gasteiger partial charge in [-0.3, -0.25) is 4.79 Å². The van der Waals surface area contributed by atoms with Gasteiger partial charge in [0.15, 0.2) is 0 Å². The average molecular weight is 436 g/mol. The maximum atomic E-state index is 12.4. The molecule has 19 heavy (non-hydrogen) atoms. The molecule has 1 aliphatic rings. The van der Waals surface area contributed by atoms with Crippen LogP contribution in [0.15, 0.2) is 22.7 Å². The van der Waals surface area contributed by atoms with Crippen LogP contribution in [0.5, 0.6) is 0 Å². The van der Waals surface area contributed by atoms with Gasteiger partial charge in [-0.05, 0) is 65.5 Å². The van der Waals surface area contributed by atoms with Crippen molar-refractivity contribution >= 4 is 44.4 Å². The van der Waals surface area contributed by atoms with E-state index in [-0.39, 0.29) is 5.91 Å². The summed E-state index contributed by atoms with van der Waals surface area (Å²) >= 11 is 5.64. The highest BCUT2D eigenvalue weighted by Crippen LogP contribution is 2.34. The monoisotopic (exact) mass is 435 g/mol. The normalized spacial score (nSPS) is 26.4. The summed E-state index contributed by atoms with van der Waals surface area (Å²) in [5, 5.41) is 3.21. The SMILES string of the molecule is CCC1CCC(NC(=O)c2cc(Br)ccc2I)C1C. The Morgan fingerprint density at radius 1 is 1.47 bits per heavy atom. The number of amides is 1. The van der Waals surface area contributed by atoms with Crippen LogP contribution in [0.2, 0.25) is 0 Å². The van der Waals surface area contributed by atoms with E-state index in [1.54, 1.807) is 0 Å². The lowest BCUT2D eigenvalue weighted by molar-refractivity contribution is 0.0925. The van der Waals surface area contributed by atoms with E-state index in [4.69, 9.17) is 0 Å². The number of carbonyl (C=O) groups excluding carboxylic acids is 1. The maximum Gasteiger partial charge on any atom is 0.252 e. The van der Waals surface area contributed by atoms with Crippen LogP contribution in [0.3, 0.4) is 0 Å². The Kier molecular flexibility index (Phi) is 5.29. The first kappa shape index (κ1) is 15.3. The number of benzene rings is 1. The third kappa shape index (κ3) is 3.51. The number of halogens is 2. The number of nitrogens with one attached hydrogen (secondary N) is 1. The lowest BCUT2D eigenvalue weighted by Crippen LogP contribution is -2.37. The van der Waals surface area contributed by atoms with Gasteiger partial charge in [-0.1, -0.05) is 36.2 Å². The summed E-state index contributed by atoms with van der Waals surface area (Å²) in [5.41, 5.74) is 0.766. The van der Waals surface area contributed by atoms with Gasteiger partial charge < -0.3 is 5.32 Å². The highest BCUT2D eigenvalue weighted by Gasteiger charge is 2.32. The van der Waals surface area contributed by atoms with E-state index in [2.05, 4.69) is 57.7 Å². The van der Waals surface area contributed by atoms with E-state index < -0.39 is 0 Å². The quantitative estimate of drug-likeness (QED) is 0.690. The minimum absolute atomic E-state index is 0.0549. The smallest absolute Gasteiger partial charge is 0.252 e. The lowest BCUT2D eigenvalue weighted by Gasteiger charge is -2.21. The molecule has 0 radical (unpaired) electrons. The lowest BCUT2D eigenvalue weighted by atomic mass is 9.93. The zero-order valence-corrected chi connectivity index (χ0v) is 15.0. The number of hydrogen-bond donors (Lipinski definition) is 1. The molecule has 1 aromatic carbocycles. The topological polar surface area (TPSA) is 29.1 Å². The Labute approximate surface area is 137 Å². The largest absolute Gasteiger partial charge is 0.349 e. The molecule has 1 fully saturated rings. The molecule has 0 saturated heterocycles. The molecule has 1 saturated carbocycles. The molecule has 0 aliphatic heterocycles. The van der Waals surface area contributed by atoms with Crippen LogP contribution in [0.4, 0.5) is 0 Å². The van der Waals surface area contributed by atoms with Gasteiger partial charge in [0.1, 0.15) is 0 Å². The Hall–Kier alpha value is -0.100. The minimum Gasteiger partial charge on any atom is -0.349 e. The zero-order chi connectivity index (χ0) is 14.0. The van der Waals surface area contributed by atoms with Gasteiger partial charge in [-0.2, -0.15) is 0 Å². The summed E-state index contributed by atoms with van der Waals surface area (Å²) < 4.78 is 1.94. The summed E-state index contributed by atoms with van der Waals surface area (Å²) in [6, 6.07) is 6.15. The summed E-state index contributed by atoms with van der Waals surface area (Å²) in [6.45, 7) is 4.50. The van der Waals surface area contributed by atoms with Crippen LogP contribution in [0.25, 0.3) is 0 Å². The maximum absolute atomic E-state index is 12.4. The molecule has 0 bridgehead atoms. The second kappa shape index (κ2) is 6.57. The van der Waals surface area contributed by atoms with E-state index in [0.29, 0.717) is 12.0 Å². The van der Waals surface area contributed by atoms with Crippen molar-refractivity contribution < 1.29 is 4.79 Å². The highest BCUT2D eigenvalue weighted by molar-refractivity contribution is 14.1. The second-order valence-corrected chi connectivity index (χ2v) is 7.39. The van der Waals surface area contributed by atoms with E-state index >= 15 is 0 Å². The van der Waals surface area contributed by atoms with E-state index in [9.17, 15) is 4.79 Å². The molecule has 0 aromatic heterocycles. The zero-order valence-electron chi connectivity index (χ0n) is 11.2. The Balaban J connectivity index is 2.07. The van der Waals surface area contributed by atoms with Gasteiger partial charge in [-0.15, -0.1) is 0 Å². The molecule has 3 atom stereocenters. The molecule has 2 nitrogen and oxygen atoms in total. The third-order valence-corrected chi connectivity index (χ3v) is 5.67. The van der Waals surface area contributed by atoms with Crippen LogP contribution in [0.1, 0.15) is 43.5 Å². The fourth-order valence-electron chi connectivity index (χ4n) is 2.95. The molecule has 4 heteroatoms. The molecular weight excluding hydrogens is 417 g/mol. The number of hydrogen-bond acceptors (Lipinski definition) is 1. The third-order valence-electron chi connectivity index (χ3n) is 4.24. The molecule has 2 rings (SSSR count). The Bertz CT molecular complexity index is 477. The van der Waals surface area contributed by atoms with Gasteiger partial charge in [0.2, 0.25) is 0 Å². The number of carbonyl (C=O) groups is 1. The molecule has 1 aliphatic carbocycles. The average Bonchev–Trinajstić information content (AvgIpc) is 2.73. The number of rotatable bonds is 3. The van der Waals surface area contributed by atoms with Crippen molar-refractivity contribution in [2.45, 2.75) is 39.2 Å². The summed E-state index contributed by atoms with van der Waals surface area (Å²) in [6.07, 6.45) is 3.55. The van der Waals surface area contributed by atoms with Crippen molar-refractivity contribution in [3.05, 3.63) is 31.8 Å². The predicted molar refractivity (Wildman–Crippen MR) is 90.3 cm³/mol. The first-order chi connectivity index (χ1) is 9.02. The highest BCUT2D eigenvalue weighted by atomic mass is 127. The van der Waals surface area contributed by atoms with Crippen molar-refractivity contribution in [1.29, 1.82) is 0 Å². The molecule has 1 aromatic rings. The van der Waals surface area contributed by atoms with E-state index in [0.717, 1.165) is 25.9 Å². The van der Waals surface area contributed by atoms with Gasteiger partial charge in [0.25, 0.3) is 5.91 Å². The molecule has 1 N–H and O–H groups in total. The van der Waals surface area contributed by atoms with Crippen molar-refractivity contribution in [3.8, 4) is 0 Å². The van der Waals surface area contributed by atoms with Crippen LogP contribution in [0, 0.1) is 15.4 Å². The van der Waals surface area contributed by atoms with Crippen LogP contribution >= 0.6 is 38.5 Å². The van der Waals surface area contributed by atoms with Crippen LogP contribution in [-0.2, 0) is 0 Å². The summed E-state index contributed by atoms with van der Waals surface area (Å²) in [4.78, 5) is 12.4. The van der Waals surface area contributed by atoms with Crippen LogP contribution < -0.4 is 5.32 Å². The summed E-state index contributed by atoms with van der Waals surface area (Å²) in [5.74, 6) is 1.39. The molecule has 104 valence electrons. The summed E-state index contributed by atoms with van der Waals surface area (Å²) in [7, 11) is 0. The Morgan fingerprint density at radius 3 is 2.84 bits per heavy atom. The second-order valence-electron chi connectivity index (χ2n) is 5.31. The van der Waals surface area contributed by atoms with Crippen molar-refractivity contribution in [3.63, 3.8) is 0 Å². The Morgan fingerprint density at radius 2 is 2.21 bits per heavy atom. The molecule has 1 amide bonds. The molecule has 3 unspecified atom stereocenters. The fraction of sp³-hybridized carbons (Fsp3) is 0.533. The molecular formula is C15H19BrINO. The van der Waals surface area contributed by atoms with Crippen molar-refractivity contribution in [2.24, 2.45) is 11.8 Å². The first-order valence-electron chi connectivity index (χ1n) is 6.78. The minimum atomic E-state index is 0.0549. The van der Waals surface area contributed by atoms with Gasteiger partial charge >= 0.3 is 0 Å². The van der Waals surface area contributed by atoms with Crippen LogP contribution in [-0.4, -0.2) is 11.9 Å².